The van der Waals surface area contributed by atoms with Crippen LogP contribution in [-0.2, 0) is 6.54 Å². The lowest BCUT2D eigenvalue weighted by atomic mass is 10.1. The van der Waals surface area contributed by atoms with Gasteiger partial charge in [0.25, 0.3) is 0 Å². The fraction of sp³-hybridized carbons (Fsp3) is 0.471. The van der Waals surface area contributed by atoms with E-state index in [1.807, 2.05) is 18.2 Å². The van der Waals surface area contributed by atoms with Crippen LogP contribution in [-0.4, -0.2) is 10.9 Å². The molecule has 0 bridgehead atoms. The van der Waals surface area contributed by atoms with E-state index in [2.05, 4.69) is 23.8 Å². The molecule has 2 rings (SSSR count). The van der Waals surface area contributed by atoms with Gasteiger partial charge in [-0.05, 0) is 23.9 Å². The highest BCUT2D eigenvalue weighted by molar-refractivity contribution is 5.87. The number of hydrogen-bond acceptors (Lipinski definition) is 1. The van der Waals surface area contributed by atoms with Crippen molar-refractivity contribution in [3.05, 3.63) is 36.0 Å². The van der Waals surface area contributed by atoms with Crippen LogP contribution in [0.15, 0.2) is 30.5 Å². The Bertz CT molecular complexity index is 527. The van der Waals surface area contributed by atoms with Crippen LogP contribution < -0.4 is 0 Å². The molecule has 0 amide bonds. The van der Waals surface area contributed by atoms with Gasteiger partial charge in [0.1, 0.15) is 6.29 Å². The standard InChI is InChI=1S/C17H23NO/c1-2-3-4-5-6-7-11-18-12-10-16-9-8-15(14-19)13-17(16)18/h8-10,12-14H,2-7,11H2,1H3. The Kier molecular flexibility index (Phi) is 5.20. The minimum absolute atomic E-state index is 0.760. The Morgan fingerprint density at radius 2 is 1.84 bits per heavy atom. The van der Waals surface area contributed by atoms with Crippen molar-refractivity contribution in [1.82, 2.24) is 4.57 Å². The highest BCUT2D eigenvalue weighted by atomic mass is 16.1. The summed E-state index contributed by atoms with van der Waals surface area (Å²) in [7, 11) is 0. The molecule has 0 spiro atoms. The molecule has 0 unspecified atom stereocenters. The summed E-state index contributed by atoms with van der Waals surface area (Å²) in [6.07, 6.45) is 10.9. The summed E-state index contributed by atoms with van der Waals surface area (Å²) in [5.74, 6) is 0. The molecule has 0 atom stereocenters. The molecule has 2 aromatic rings. The largest absolute Gasteiger partial charge is 0.347 e. The van der Waals surface area contributed by atoms with Gasteiger partial charge in [-0.1, -0.05) is 51.2 Å². The van der Waals surface area contributed by atoms with Crippen molar-refractivity contribution in [2.24, 2.45) is 0 Å². The molecule has 0 saturated carbocycles. The summed E-state index contributed by atoms with van der Waals surface area (Å²) in [6.45, 7) is 3.30. The van der Waals surface area contributed by atoms with Crippen molar-refractivity contribution in [1.29, 1.82) is 0 Å². The molecule has 1 heterocycles. The van der Waals surface area contributed by atoms with Gasteiger partial charge in [0.05, 0.1) is 0 Å². The molecule has 102 valence electrons. The smallest absolute Gasteiger partial charge is 0.150 e. The number of rotatable bonds is 8. The van der Waals surface area contributed by atoms with Crippen LogP contribution in [0, 0.1) is 0 Å². The first-order valence-electron chi connectivity index (χ1n) is 7.39. The fourth-order valence-corrected chi connectivity index (χ4v) is 2.53. The lowest BCUT2D eigenvalue weighted by molar-refractivity contribution is 0.112. The molecule has 0 aliphatic heterocycles. The van der Waals surface area contributed by atoms with Crippen molar-refractivity contribution in [2.75, 3.05) is 0 Å². The normalized spacial score (nSPS) is 11.0. The minimum Gasteiger partial charge on any atom is -0.347 e. The van der Waals surface area contributed by atoms with Gasteiger partial charge in [0.2, 0.25) is 0 Å². The Morgan fingerprint density at radius 3 is 2.63 bits per heavy atom. The molecule has 2 heteroatoms. The molecule has 0 saturated heterocycles. The van der Waals surface area contributed by atoms with Crippen molar-refractivity contribution in [3.63, 3.8) is 0 Å². The number of aromatic nitrogens is 1. The summed E-state index contributed by atoms with van der Waals surface area (Å²) in [6, 6.07) is 8.02. The van der Waals surface area contributed by atoms with E-state index < -0.39 is 0 Å². The number of carbonyl (C=O) groups excluding carboxylic acids is 1. The van der Waals surface area contributed by atoms with Crippen molar-refractivity contribution in [2.45, 2.75) is 52.0 Å². The monoisotopic (exact) mass is 257 g/mol. The van der Waals surface area contributed by atoms with Gasteiger partial charge in [-0.25, -0.2) is 0 Å². The highest BCUT2D eigenvalue weighted by Gasteiger charge is 2.02. The highest BCUT2D eigenvalue weighted by Crippen LogP contribution is 2.18. The van der Waals surface area contributed by atoms with Crippen LogP contribution in [0.2, 0.25) is 0 Å². The second-order valence-electron chi connectivity index (χ2n) is 5.21. The summed E-state index contributed by atoms with van der Waals surface area (Å²) in [5.41, 5.74) is 1.94. The molecule has 0 radical (unpaired) electrons. The summed E-state index contributed by atoms with van der Waals surface area (Å²) < 4.78 is 2.27. The van der Waals surface area contributed by atoms with E-state index in [9.17, 15) is 4.79 Å². The second-order valence-corrected chi connectivity index (χ2v) is 5.21. The Hall–Kier alpha value is -1.57. The third kappa shape index (κ3) is 3.69. The predicted molar refractivity (Wildman–Crippen MR) is 80.7 cm³/mol. The second kappa shape index (κ2) is 7.13. The number of aldehydes is 1. The van der Waals surface area contributed by atoms with Gasteiger partial charge in [-0.15, -0.1) is 0 Å². The molecule has 0 aliphatic carbocycles. The zero-order valence-corrected chi connectivity index (χ0v) is 11.8. The molecule has 0 aliphatic rings. The van der Waals surface area contributed by atoms with Gasteiger partial charge in [-0.3, -0.25) is 4.79 Å². The molecule has 1 aromatic carbocycles. The van der Waals surface area contributed by atoms with Crippen LogP contribution in [0.1, 0.15) is 55.8 Å². The van der Waals surface area contributed by atoms with Crippen molar-refractivity contribution < 1.29 is 4.79 Å². The third-order valence-corrected chi connectivity index (χ3v) is 3.69. The Labute approximate surface area is 115 Å². The van der Waals surface area contributed by atoms with Crippen molar-refractivity contribution in [3.8, 4) is 0 Å². The average molecular weight is 257 g/mol. The van der Waals surface area contributed by atoms with Crippen LogP contribution >= 0.6 is 0 Å². The molecular weight excluding hydrogens is 234 g/mol. The molecule has 0 N–H and O–H groups in total. The maximum absolute atomic E-state index is 10.8. The number of nitrogens with zero attached hydrogens (tertiary/aromatic N) is 1. The van der Waals surface area contributed by atoms with Crippen LogP contribution in [0.4, 0.5) is 0 Å². The SMILES string of the molecule is CCCCCCCCn1ccc2ccc(C=O)cc21. The van der Waals surface area contributed by atoms with E-state index in [1.165, 1.54) is 49.4 Å². The maximum atomic E-state index is 10.8. The quantitative estimate of drug-likeness (QED) is 0.491. The molecule has 0 fully saturated rings. The Morgan fingerprint density at radius 1 is 1.05 bits per heavy atom. The number of unbranched alkanes of at least 4 members (excludes halogenated alkanes) is 5. The zero-order chi connectivity index (χ0) is 13.5. The third-order valence-electron chi connectivity index (χ3n) is 3.69. The molecule has 1 aromatic heterocycles. The van der Waals surface area contributed by atoms with E-state index in [0.717, 1.165) is 18.4 Å². The predicted octanol–water partition coefficient (Wildman–Crippen LogP) is 4.81. The first-order chi connectivity index (χ1) is 9.35. The lowest BCUT2D eigenvalue weighted by Crippen LogP contribution is -1.96. The number of carbonyl (C=O) groups is 1. The first kappa shape index (κ1) is 13.9. The van der Waals surface area contributed by atoms with Gasteiger partial charge in [0, 0.05) is 23.8 Å². The molecular formula is C17H23NO. The molecule has 19 heavy (non-hydrogen) atoms. The van der Waals surface area contributed by atoms with Gasteiger partial charge < -0.3 is 4.57 Å². The number of fused-ring (bicyclic) bond motifs is 1. The molecule has 2 nitrogen and oxygen atoms in total. The van der Waals surface area contributed by atoms with E-state index in [4.69, 9.17) is 0 Å². The zero-order valence-electron chi connectivity index (χ0n) is 11.8. The van der Waals surface area contributed by atoms with E-state index in [1.54, 1.807) is 0 Å². The van der Waals surface area contributed by atoms with E-state index >= 15 is 0 Å². The number of benzene rings is 1. The van der Waals surface area contributed by atoms with Crippen LogP contribution in [0.3, 0.4) is 0 Å². The summed E-state index contributed by atoms with van der Waals surface area (Å²) in [5, 5.41) is 1.22. The van der Waals surface area contributed by atoms with Crippen LogP contribution in [0.25, 0.3) is 10.9 Å². The van der Waals surface area contributed by atoms with Gasteiger partial charge in [0.15, 0.2) is 0 Å². The Balaban J connectivity index is 1.91. The fourth-order valence-electron chi connectivity index (χ4n) is 2.53. The first-order valence-corrected chi connectivity index (χ1v) is 7.39. The van der Waals surface area contributed by atoms with Gasteiger partial charge in [-0.2, -0.15) is 0 Å². The van der Waals surface area contributed by atoms with Crippen molar-refractivity contribution >= 4 is 17.2 Å². The van der Waals surface area contributed by atoms with Gasteiger partial charge >= 0.3 is 0 Å². The van der Waals surface area contributed by atoms with E-state index in [-0.39, 0.29) is 0 Å². The lowest BCUT2D eigenvalue weighted by Gasteiger charge is -2.06. The summed E-state index contributed by atoms with van der Waals surface area (Å²) in [4.78, 5) is 10.8. The maximum Gasteiger partial charge on any atom is 0.150 e. The van der Waals surface area contributed by atoms with E-state index in [0.29, 0.717) is 0 Å². The number of aryl methyl sites for hydroxylation is 1. The summed E-state index contributed by atoms with van der Waals surface area (Å²) >= 11 is 0. The number of hydrogen-bond donors (Lipinski definition) is 0. The average Bonchev–Trinajstić information content (AvgIpc) is 2.85. The van der Waals surface area contributed by atoms with Crippen LogP contribution in [0.5, 0.6) is 0 Å². The minimum atomic E-state index is 0.760. The topological polar surface area (TPSA) is 22.0 Å².